The van der Waals surface area contributed by atoms with Crippen LogP contribution in [0.15, 0.2) is 0 Å². The lowest BCUT2D eigenvalue weighted by atomic mass is 9.81. The molecule has 0 aromatic rings. The summed E-state index contributed by atoms with van der Waals surface area (Å²) >= 11 is 0. The second-order valence-corrected chi connectivity index (χ2v) is 5.83. The third-order valence-corrected chi connectivity index (χ3v) is 3.91. The number of hydrogen-bond donors (Lipinski definition) is 2. The number of carboxylic acid groups (broad SMARTS) is 1. The van der Waals surface area contributed by atoms with Crippen LogP contribution in [0.25, 0.3) is 0 Å². The van der Waals surface area contributed by atoms with E-state index in [9.17, 15) is 4.79 Å². The Morgan fingerprint density at radius 2 is 2.00 bits per heavy atom. The quantitative estimate of drug-likeness (QED) is 0.710. The van der Waals surface area contributed by atoms with Crippen LogP contribution >= 0.6 is 0 Å². The third kappa shape index (κ3) is 2.94. The van der Waals surface area contributed by atoms with Gasteiger partial charge in [0, 0.05) is 13.1 Å². The Kier molecular flexibility index (Phi) is 3.44. The minimum atomic E-state index is -0.641. The summed E-state index contributed by atoms with van der Waals surface area (Å²) in [7, 11) is 0. The van der Waals surface area contributed by atoms with E-state index < -0.39 is 11.4 Å². The highest BCUT2D eigenvalue weighted by atomic mass is 16.4. The van der Waals surface area contributed by atoms with E-state index in [1.807, 2.05) is 0 Å². The molecule has 15 heavy (non-hydrogen) atoms. The zero-order chi connectivity index (χ0) is 11.7. The summed E-state index contributed by atoms with van der Waals surface area (Å²) in [5.41, 5.74) is -0.207. The Labute approximate surface area is 92.3 Å². The Morgan fingerprint density at radius 3 is 2.33 bits per heavy atom. The van der Waals surface area contributed by atoms with Crippen molar-refractivity contribution in [3.05, 3.63) is 0 Å². The lowest BCUT2D eigenvalue weighted by Gasteiger charge is -2.30. The van der Waals surface area contributed by atoms with Crippen molar-refractivity contribution < 1.29 is 9.90 Å². The first-order valence-corrected chi connectivity index (χ1v) is 5.74. The van der Waals surface area contributed by atoms with Gasteiger partial charge in [-0.3, -0.25) is 4.79 Å². The molecule has 0 saturated heterocycles. The number of hydrogen-bond acceptors (Lipinski definition) is 2. The number of rotatable bonds is 6. The first-order chi connectivity index (χ1) is 6.80. The van der Waals surface area contributed by atoms with E-state index in [0.717, 1.165) is 19.4 Å². The van der Waals surface area contributed by atoms with Gasteiger partial charge in [-0.05, 0) is 24.2 Å². The molecule has 1 aliphatic carbocycles. The molecule has 0 bridgehead atoms. The molecule has 0 heterocycles. The van der Waals surface area contributed by atoms with Crippen LogP contribution in [-0.4, -0.2) is 24.2 Å². The average Bonchev–Trinajstić information content (AvgIpc) is 2.84. The van der Waals surface area contributed by atoms with Gasteiger partial charge in [-0.2, -0.15) is 0 Å². The van der Waals surface area contributed by atoms with Gasteiger partial charge >= 0.3 is 5.97 Å². The van der Waals surface area contributed by atoms with Crippen molar-refractivity contribution in [2.45, 2.75) is 40.5 Å². The minimum Gasteiger partial charge on any atom is -0.481 e. The van der Waals surface area contributed by atoms with Crippen LogP contribution in [0, 0.1) is 16.7 Å². The molecular weight excluding hydrogens is 190 g/mol. The van der Waals surface area contributed by atoms with E-state index in [2.05, 4.69) is 33.0 Å². The predicted octanol–water partition coefficient (Wildman–Crippen LogP) is 2.12. The largest absolute Gasteiger partial charge is 0.481 e. The highest BCUT2D eigenvalue weighted by molar-refractivity contribution is 5.78. The molecule has 0 aliphatic heterocycles. The molecule has 0 aromatic heterocycles. The van der Waals surface area contributed by atoms with Gasteiger partial charge in [-0.25, -0.2) is 0 Å². The summed E-state index contributed by atoms with van der Waals surface area (Å²) < 4.78 is 0. The van der Waals surface area contributed by atoms with Gasteiger partial charge in [0.05, 0.1) is 5.41 Å². The van der Waals surface area contributed by atoms with Crippen LogP contribution in [0.4, 0.5) is 0 Å². The van der Waals surface area contributed by atoms with Gasteiger partial charge in [0.25, 0.3) is 0 Å². The van der Waals surface area contributed by atoms with E-state index in [0.29, 0.717) is 12.5 Å². The minimum absolute atomic E-state index is 0.231. The van der Waals surface area contributed by atoms with Crippen molar-refractivity contribution in [3.63, 3.8) is 0 Å². The standard InChI is InChI=1S/C12H23NO2/c1-9(2)11(3,4)7-13-8-12(5-6-12)10(14)15/h9,13H,5-8H2,1-4H3,(H,14,15). The molecule has 0 unspecified atom stereocenters. The van der Waals surface area contributed by atoms with E-state index in [1.54, 1.807) is 0 Å². The Morgan fingerprint density at radius 1 is 1.47 bits per heavy atom. The molecule has 1 aliphatic rings. The fraction of sp³-hybridized carbons (Fsp3) is 0.917. The van der Waals surface area contributed by atoms with Gasteiger partial charge < -0.3 is 10.4 Å². The van der Waals surface area contributed by atoms with Crippen LogP contribution in [-0.2, 0) is 4.79 Å². The van der Waals surface area contributed by atoms with Gasteiger partial charge in [-0.15, -0.1) is 0 Å². The zero-order valence-electron chi connectivity index (χ0n) is 10.3. The summed E-state index contributed by atoms with van der Waals surface area (Å²) in [4.78, 5) is 10.9. The van der Waals surface area contributed by atoms with Crippen molar-refractivity contribution in [2.75, 3.05) is 13.1 Å². The predicted molar refractivity (Wildman–Crippen MR) is 60.8 cm³/mol. The van der Waals surface area contributed by atoms with Crippen LogP contribution in [0.1, 0.15) is 40.5 Å². The van der Waals surface area contributed by atoms with Crippen molar-refractivity contribution in [1.82, 2.24) is 5.32 Å². The zero-order valence-corrected chi connectivity index (χ0v) is 10.3. The SMILES string of the molecule is CC(C)C(C)(C)CNCC1(C(=O)O)CC1. The van der Waals surface area contributed by atoms with E-state index >= 15 is 0 Å². The molecule has 3 heteroatoms. The van der Waals surface area contributed by atoms with E-state index in [-0.39, 0.29) is 5.41 Å². The van der Waals surface area contributed by atoms with Crippen molar-refractivity contribution in [1.29, 1.82) is 0 Å². The van der Waals surface area contributed by atoms with Gasteiger partial charge in [0.15, 0.2) is 0 Å². The normalized spacial score (nSPS) is 19.3. The lowest BCUT2D eigenvalue weighted by Crippen LogP contribution is -2.38. The topological polar surface area (TPSA) is 49.3 Å². The smallest absolute Gasteiger partial charge is 0.310 e. The molecule has 88 valence electrons. The molecule has 0 amide bonds. The molecule has 0 radical (unpaired) electrons. The highest BCUT2D eigenvalue weighted by Gasteiger charge is 2.49. The first kappa shape index (κ1) is 12.5. The average molecular weight is 213 g/mol. The summed E-state index contributed by atoms with van der Waals surface area (Å²) in [5, 5.41) is 12.3. The van der Waals surface area contributed by atoms with Crippen LogP contribution in [0.2, 0.25) is 0 Å². The van der Waals surface area contributed by atoms with E-state index in [1.165, 1.54) is 0 Å². The Bertz CT molecular complexity index is 242. The third-order valence-electron chi connectivity index (χ3n) is 3.91. The first-order valence-electron chi connectivity index (χ1n) is 5.74. The monoisotopic (exact) mass is 213 g/mol. The van der Waals surface area contributed by atoms with Crippen molar-refractivity contribution in [3.8, 4) is 0 Å². The second kappa shape index (κ2) is 4.12. The summed E-state index contributed by atoms with van der Waals surface area (Å²) in [5.74, 6) is -0.0395. The summed E-state index contributed by atoms with van der Waals surface area (Å²) in [6.45, 7) is 10.3. The summed E-state index contributed by atoms with van der Waals surface area (Å²) in [6.07, 6.45) is 1.66. The maximum atomic E-state index is 10.9. The van der Waals surface area contributed by atoms with Crippen molar-refractivity contribution >= 4 is 5.97 Å². The fourth-order valence-corrected chi connectivity index (χ4v) is 1.45. The number of carbonyl (C=O) groups is 1. The van der Waals surface area contributed by atoms with Crippen molar-refractivity contribution in [2.24, 2.45) is 16.7 Å². The molecule has 1 rings (SSSR count). The molecular formula is C12H23NO2. The highest BCUT2D eigenvalue weighted by Crippen LogP contribution is 2.45. The molecule has 2 N–H and O–H groups in total. The molecule has 1 saturated carbocycles. The van der Waals surface area contributed by atoms with Gasteiger partial charge in [0.1, 0.15) is 0 Å². The maximum Gasteiger partial charge on any atom is 0.310 e. The van der Waals surface area contributed by atoms with Gasteiger partial charge in [-0.1, -0.05) is 27.7 Å². The molecule has 0 spiro atoms. The summed E-state index contributed by atoms with van der Waals surface area (Å²) in [6, 6.07) is 0. The van der Waals surface area contributed by atoms with Crippen LogP contribution in [0.5, 0.6) is 0 Å². The fourth-order valence-electron chi connectivity index (χ4n) is 1.45. The van der Waals surface area contributed by atoms with Gasteiger partial charge in [0.2, 0.25) is 0 Å². The Hall–Kier alpha value is -0.570. The van der Waals surface area contributed by atoms with Crippen LogP contribution < -0.4 is 5.32 Å². The van der Waals surface area contributed by atoms with E-state index in [4.69, 9.17) is 5.11 Å². The molecule has 1 fully saturated rings. The van der Waals surface area contributed by atoms with Crippen LogP contribution in [0.3, 0.4) is 0 Å². The number of aliphatic carboxylic acids is 1. The molecule has 0 aromatic carbocycles. The second-order valence-electron chi connectivity index (χ2n) is 5.83. The number of nitrogens with one attached hydrogen (secondary N) is 1. The number of carboxylic acids is 1. The lowest BCUT2D eigenvalue weighted by molar-refractivity contribution is -0.143. The molecule has 0 atom stereocenters. The Balaban J connectivity index is 2.31. The molecule has 3 nitrogen and oxygen atoms in total. The maximum absolute atomic E-state index is 10.9.